The number of nitrogens with zero attached hydrogens (tertiary/aromatic N) is 2. The lowest BCUT2D eigenvalue weighted by Crippen LogP contribution is -2.45. The molecule has 0 radical (unpaired) electrons. The smallest absolute Gasteiger partial charge is 0.211 e. The Bertz CT molecular complexity index is 677. The van der Waals surface area contributed by atoms with E-state index in [-0.39, 0.29) is 11.9 Å². The Labute approximate surface area is 138 Å². The first-order chi connectivity index (χ1) is 10.9. The molecule has 2 aliphatic rings. The molecular formula is C17H25FN2O2S. The lowest BCUT2D eigenvalue weighted by Gasteiger charge is -2.40. The van der Waals surface area contributed by atoms with Gasteiger partial charge in [0.1, 0.15) is 5.82 Å². The molecule has 6 heteroatoms. The third-order valence-corrected chi connectivity index (χ3v) is 6.49. The minimum atomic E-state index is -3.11. The molecule has 2 aliphatic heterocycles. The zero-order chi connectivity index (χ0) is 16.6. The Hall–Kier alpha value is -0.980. The van der Waals surface area contributed by atoms with Gasteiger partial charge in [-0.1, -0.05) is 12.1 Å². The van der Waals surface area contributed by atoms with E-state index in [9.17, 15) is 12.8 Å². The summed E-state index contributed by atoms with van der Waals surface area (Å²) >= 11 is 0. The summed E-state index contributed by atoms with van der Waals surface area (Å²) in [5, 5.41) is 0. The van der Waals surface area contributed by atoms with Crippen LogP contribution in [0.1, 0.15) is 36.9 Å². The van der Waals surface area contributed by atoms with Crippen molar-refractivity contribution in [2.45, 2.75) is 32.2 Å². The fourth-order valence-electron chi connectivity index (χ4n) is 3.97. The third kappa shape index (κ3) is 3.59. The van der Waals surface area contributed by atoms with Crippen molar-refractivity contribution >= 4 is 10.0 Å². The average Bonchev–Trinajstić information content (AvgIpc) is 2.50. The highest BCUT2D eigenvalue weighted by Crippen LogP contribution is 2.33. The van der Waals surface area contributed by atoms with Crippen molar-refractivity contribution in [2.75, 3.05) is 32.4 Å². The second-order valence-electron chi connectivity index (χ2n) is 6.86. The Morgan fingerprint density at radius 1 is 1.30 bits per heavy atom. The largest absolute Gasteiger partial charge is 0.296 e. The van der Waals surface area contributed by atoms with Crippen LogP contribution in [0.5, 0.6) is 0 Å². The normalized spacial score (nSPS) is 26.9. The van der Waals surface area contributed by atoms with E-state index in [1.165, 1.54) is 12.3 Å². The molecule has 0 aromatic heterocycles. The summed E-state index contributed by atoms with van der Waals surface area (Å²) in [6, 6.07) is 5.37. The van der Waals surface area contributed by atoms with Crippen molar-refractivity contribution in [3.8, 4) is 0 Å². The van der Waals surface area contributed by atoms with Gasteiger partial charge in [-0.3, -0.25) is 4.90 Å². The predicted octanol–water partition coefficient (Wildman–Crippen LogP) is 2.42. The van der Waals surface area contributed by atoms with E-state index in [0.29, 0.717) is 19.0 Å². The first kappa shape index (κ1) is 16.9. The molecule has 2 heterocycles. The number of benzene rings is 1. The minimum absolute atomic E-state index is 0.0496. The Morgan fingerprint density at radius 3 is 2.83 bits per heavy atom. The van der Waals surface area contributed by atoms with Crippen molar-refractivity contribution in [2.24, 2.45) is 5.92 Å². The first-order valence-corrected chi connectivity index (χ1v) is 10.2. The van der Waals surface area contributed by atoms with Gasteiger partial charge < -0.3 is 0 Å². The molecule has 0 bridgehead atoms. The van der Waals surface area contributed by atoms with Crippen LogP contribution in [0.2, 0.25) is 0 Å². The maximum absolute atomic E-state index is 14.2. The van der Waals surface area contributed by atoms with Gasteiger partial charge in [0, 0.05) is 37.8 Å². The summed E-state index contributed by atoms with van der Waals surface area (Å²) in [5.41, 5.74) is 1.92. The molecule has 23 heavy (non-hydrogen) atoms. The number of rotatable bonds is 3. The van der Waals surface area contributed by atoms with Gasteiger partial charge in [0.2, 0.25) is 10.0 Å². The number of fused-ring (bicyclic) bond motifs is 1. The van der Waals surface area contributed by atoms with Gasteiger partial charge >= 0.3 is 0 Å². The predicted molar refractivity (Wildman–Crippen MR) is 89.2 cm³/mol. The van der Waals surface area contributed by atoms with E-state index in [1.54, 1.807) is 10.4 Å². The van der Waals surface area contributed by atoms with Crippen LogP contribution in [0, 0.1) is 11.7 Å². The van der Waals surface area contributed by atoms with E-state index in [2.05, 4.69) is 11.8 Å². The highest BCUT2D eigenvalue weighted by molar-refractivity contribution is 7.88. The number of halogens is 1. The van der Waals surface area contributed by atoms with Crippen molar-refractivity contribution in [3.05, 3.63) is 35.1 Å². The van der Waals surface area contributed by atoms with E-state index in [1.807, 2.05) is 6.07 Å². The summed E-state index contributed by atoms with van der Waals surface area (Å²) < 4.78 is 39.3. The quantitative estimate of drug-likeness (QED) is 0.848. The zero-order valence-corrected chi connectivity index (χ0v) is 14.7. The van der Waals surface area contributed by atoms with Crippen LogP contribution in [0.4, 0.5) is 4.39 Å². The molecule has 1 aromatic rings. The average molecular weight is 340 g/mol. The summed E-state index contributed by atoms with van der Waals surface area (Å²) in [5.74, 6) is 0.204. The van der Waals surface area contributed by atoms with Crippen LogP contribution in [0.15, 0.2) is 18.2 Å². The maximum atomic E-state index is 14.2. The summed E-state index contributed by atoms with van der Waals surface area (Å²) in [4.78, 5) is 2.31. The van der Waals surface area contributed by atoms with Crippen LogP contribution in [-0.4, -0.2) is 50.1 Å². The summed E-state index contributed by atoms with van der Waals surface area (Å²) in [7, 11) is -3.11. The molecule has 0 saturated carbocycles. The van der Waals surface area contributed by atoms with Gasteiger partial charge in [0.05, 0.1) is 6.26 Å². The standard InChI is InChI=1S/C17H25FN2O2S/c1-13-17-15(6-3-7-16(17)18)8-10-19(13)11-14-5-4-9-20(12-14)23(2,21)22/h3,6-7,13-14H,4-5,8-12H2,1-2H3/t13-,14+/m1/s1. The molecule has 3 rings (SSSR count). The molecule has 1 aromatic carbocycles. The topological polar surface area (TPSA) is 40.6 Å². The summed E-state index contributed by atoms with van der Waals surface area (Å²) in [6.07, 6.45) is 4.09. The van der Waals surface area contributed by atoms with Crippen LogP contribution in [0.25, 0.3) is 0 Å². The monoisotopic (exact) mass is 340 g/mol. The molecule has 1 fully saturated rings. The van der Waals surface area contributed by atoms with Gasteiger partial charge in [0.15, 0.2) is 0 Å². The maximum Gasteiger partial charge on any atom is 0.211 e. The second-order valence-corrected chi connectivity index (χ2v) is 8.85. The molecule has 0 aliphatic carbocycles. The summed E-state index contributed by atoms with van der Waals surface area (Å²) in [6.45, 7) is 5.01. The molecule has 128 valence electrons. The minimum Gasteiger partial charge on any atom is -0.296 e. The van der Waals surface area contributed by atoms with Gasteiger partial charge in [-0.2, -0.15) is 0 Å². The van der Waals surface area contributed by atoms with Gasteiger partial charge in [0.25, 0.3) is 0 Å². The van der Waals surface area contributed by atoms with Crippen LogP contribution in [0.3, 0.4) is 0 Å². The molecule has 4 nitrogen and oxygen atoms in total. The second kappa shape index (κ2) is 6.49. The van der Waals surface area contributed by atoms with E-state index < -0.39 is 10.0 Å². The highest BCUT2D eigenvalue weighted by atomic mass is 32.2. The number of piperidine rings is 1. The van der Waals surface area contributed by atoms with Gasteiger partial charge in [-0.05, 0) is 43.7 Å². The molecular weight excluding hydrogens is 315 g/mol. The SMILES string of the molecule is C[C@@H]1c2c(F)cccc2CCN1C[C@@H]1CCCN(S(C)(=O)=O)C1. The zero-order valence-electron chi connectivity index (χ0n) is 13.8. The molecule has 2 atom stereocenters. The Morgan fingerprint density at radius 2 is 2.09 bits per heavy atom. The highest BCUT2D eigenvalue weighted by Gasteiger charge is 2.31. The van der Waals surface area contributed by atoms with Gasteiger partial charge in [-0.15, -0.1) is 0 Å². The molecule has 1 saturated heterocycles. The number of hydrogen-bond donors (Lipinski definition) is 0. The lowest BCUT2D eigenvalue weighted by molar-refractivity contribution is 0.135. The molecule has 0 unspecified atom stereocenters. The number of sulfonamides is 1. The van der Waals surface area contributed by atoms with E-state index in [4.69, 9.17) is 0 Å². The van der Waals surface area contributed by atoms with Crippen LogP contribution in [-0.2, 0) is 16.4 Å². The van der Waals surface area contributed by atoms with E-state index in [0.717, 1.165) is 43.5 Å². The first-order valence-electron chi connectivity index (χ1n) is 8.32. The van der Waals surface area contributed by atoms with Crippen molar-refractivity contribution in [1.82, 2.24) is 9.21 Å². The van der Waals surface area contributed by atoms with Crippen molar-refractivity contribution in [1.29, 1.82) is 0 Å². The van der Waals surface area contributed by atoms with Gasteiger partial charge in [-0.25, -0.2) is 17.1 Å². The van der Waals surface area contributed by atoms with Crippen molar-refractivity contribution in [3.63, 3.8) is 0 Å². The third-order valence-electron chi connectivity index (χ3n) is 5.22. The Kier molecular flexibility index (Phi) is 4.76. The van der Waals surface area contributed by atoms with Crippen LogP contribution >= 0.6 is 0 Å². The Balaban J connectivity index is 1.71. The molecule has 0 N–H and O–H groups in total. The fraction of sp³-hybridized carbons (Fsp3) is 0.647. The number of hydrogen-bond acceptors (Lipinski definition) is 3. The fourth-order valence-corrected chi connectivity index (χ4v) is 4.91. The lowest BCUT2D eigenvalue weighted by atomic mass is 9.91. The van der Waals surface area contributed by atoms with E-state index >= 15 is 0 Å². The van der Waals surface area contributed by atoms with Crippen LogP contribution < -0.4 is 0 Å². The molecule has 0 amide bonds. The molecule has 0 spiro atoms. The van der Waals surface area contributed by atoms with Crippen molar-refractivity contribution < 1.29 is 12.8 Å².